The van der Waals surface area contributed by atoms with E-state index in [2.05, 4.69) is 62.2 Å². The lowest BCUT2D eigenvalue weighted by Crippen LogP contribution is -2.53. The molecule has 1 unspecified atom stereocenters. The molecule has 1 fully saturated rings. The van der Waals surface area contributed by atoms with Gasteiger partial charge in [0.15, 0.2) is 0 Å². The highest BCUT2D eigenvalue weighted by Gasteiger charge is 2.30. The summed E-state index contributed by atoms with van der Waals surface area (Å²) in [6, 6.07) is 9.37. The number of hydrogen-bond acceptors (Lipinski definition) is 3. The molecular weight excluding hydrogens is 260 g/mol. The van der Waals surface area contributed by atoms with E-state index in [0.29, 0.717) is 6.04 Å². The van der Waals surface area contributed by atoms with Crippen molar-refractivity contribution in [2.45, 2.75) is 45.7 Å². The van der Waals surface area contributed by atoms with Gasteiger partial charge in [0.1, 0.15) is 0 Å². The van der Waals surface area contributed by atoms with Crippen molar-refractivity contribution in [1.82, 2.24) is 10.2 Å². The lowest BCUT2D eigenvalue weighted by atomic mass is 9.98. The van der Waals surface area contributed by atoms with Crippen LogP contribution in [0.25, 0.3) is 0 Å². The number of nitrogens with zero attached hydrogens (tertiary/aromatic N) is 1. The van der Waals surface area contributed by atoms with Gasteiger partial charge in [0.2, 0.25) is 0 Å². The van der Waals surface area contributed by atoms with Gasteiger partial charge in [-0.05, 0) is 39.3 Å². The normalized spacial score (nSPS) is 20.4. The summed E-state index contributed by atoms with van der Waals surface area (Å²) in [5.41, 5.74) is 2.87. The van der Waals surface area contributed by atoms with Crippen LogP contribution in [0.3, 0.4) is 0 Å². The molecule has 1 aliphatic heterocycles. The van der Waals surface area contributed by atoms with Crippen LogP contribution in [-0.4, -0.2) is 43.3 Å². The van der Waals surface area contributed by atoms with Crippen molar-refractivity contribution >= 4 is 0 Å². The van der Waals surface area contributed by atoms with Crippen LogP contribution in [0.4, 0.5) is 0 Å². The molecule has 0 spiro atoms. The highest BCUT2D eigenvalue weighted by molar-refractivity contribution is 5.24. The molecule has 0 saturated carbocycles. The highest BCUT2D eigenvalue weighted by Crippen LogP contribution is 2.23. The Bertz CT molecular complexity index is 427. The molecular formula is C18H30N2O. The van der Waals surface area contributed by atoms with Gasteiger partial charge in [0.25, 0.3) is 0 Å². The summed E-state index contributed by atoms with van der Waals surface area (Å²) >= 11 is 0. The van der Waals surface area contributed by atoms with E-state index >= 15 is 0 Å². The number of aryl methyl sites for hydroxylation is 1. The topological polar surface area (TPSA) is 24.5 Å². The molecule has 1 N–H and O–H groups in total. The van der Waals surface area contributed by atoms with Crippen molar-refractivity contribution in [2.24, 2.45) is 0 Å². The van der Waals surface area contributed by atoms with E-state index in [1.165, 1.54) is 11.1 Å². The predicted octanol–water partition coefficient (Wildman–Crippen LogP) is 3.15. The third-order valence-electron chi connectivity index (χ3n) is 4.43. The fraction of sp³-hybridized carbons (Fsp3) is 0.667. The molecule has 2 rings (SSSR count). The second-order valence-electron chi connectivity index (χ2n) is 6.66. The van der Waals surface area contributed by atoms with E-state index in [-0.39, 0.29) is 5.54 Å². The molecule has 21 heavy (non-hydrogen) atoms. The summed E-state index contributed by atoms with van der Waals surface area (Å²) in [5.74, 6) is 0. The van der Waals surface area contributed by atoms with Crippen LogP contribution in [0.5, 0.6) is 0 Å². The van der Waals surface area contributed by atoms with Crippen molar-refractivity contribution in [3.05, 3.63) is 35.4 Å². The van der Waals surface area contributed by atoms with Crippen LogP contribution < -0.4 is 5.32 Å². The standard InChI is InChI=1S/C18H30N2O/c1-5-19-17(16-8-6-15(2)7-9-16)10-11-20-12-13-21-14-18(20,3)4/h6-9,17,19H,5,10-14H2,1-4H3. The Kier molecular flexibility index (Phi) is 5.80. The minimum Gasteiger partial charge on any atom is -0.378 e. The van der Waals surface area contributed by atoms with Crippen LogP contribution in [-0.2, 0) is 4.74 Å². The molecule has 0 aromatic heterocycles. The summed E-state index contributed by atoms with van der Waals surface area (Å²) in [7, 11) is 0. The minimum atomic E-state index is 0.155. The van der Waals surface area contributed by atoms with Gasteiger partial charge in [-0.1, -0.05) is 36.8 Å². The molecule has 1 aromatic rings. The Morgan fingerprint density at radius 2 is 2.00 bits per heavy atom. The second kappa shape index (κ2) is 7.39. The monoisotopic (exact) mass is 290 g/mol. The summed E-state index contributed by atoms with van der Waals surface area (Å²) in [5, 5.41) is 3.63. The first kappa shape index (κ1) is 16.5. The maximum Gasteiger partial charge on any atom is 0.0645 e. The number of nitrogens with one attached hydrogen (secondary N) is 1. The van der Waals surface area contributed by atoms with Gasteiger partial charge in [0.05, 0.1) is 13.2 Å². The zero-order chi connectivity index (χ0) is 15.3. The molecule has 0 amide bonds. The second-order valence-corrected chi connectivity index (χ2v) is 6.66. The van der Waals surface area contributed by atoms with Gasteiger partial charge in [-0.25, -0.2) is 0 Å². The van der Waals surface area contributed by atoms with Gasteiger partial charge in [-0.15, -0.1) is 0 Å². The lowest BCUT2D eigenvalue weighted by Gasteiger charge is -2.42. The molecule has 0 bridgehead atoms. The molecule has 118 valence electrons. The summed E-state index contributed by atoms with van der Waals surface area (Å²) in [4.78, 5) is 2.56. The number of ether oxygens (including phenoxy) is 1. The zero-order valence-corrected chi connectivity index (χ0v) is 14.0. The first-order valence-electron chi connectivity index (χ1n) is 8.15. The number of rotatable bonds is 6. The van der Waals surface area contributed by atoms with Crippen molar-refractivity contribution in [1.29, 1.82) is 0 Å². The SMILES string of the molecule is CCNC(CCN1CCOCC1(C)C)c1ccc(C)cc1. The van der Waals surface area contributed by atoms with Gasteiger partial charge >= 0.3 is 0 Å². The highest BCUT2D eigenvalue weighted by atomic mass is 16.5. The maximum absolute atomic E-state index is 5.61. The van der Waals surface area contributed by atoms with E-state index in [1.54, 1.807) is 0 Å². The number of benzene rings is 1. The molecule has 0 radical (unpaired) electrons. The van der Waals surface area contributed by atoms with Crippen molar-refractivity contribution in [2.75, 3.05) is 32.8 Å². The van der Waals surface area contributed by atoms with Crippen LogP contribution in [0.1, 0.15) is 44.4 Å². The Morgan fingerprint density at radius 3 is 2.62 bits per heavy atom. The Labute approximate surface area is 129 Å². The van der Waals surface area contributed by atoms with E-state index in [1.807, 2.05) is 0 Å². The Hall–Kier alpha value is -0.900. The lowest BCUT2D eigenvalue weighted by molar-refractivity contribution is -0.0521. The van der Waals surface area contributed by atoms with E-state index in [0.717, 1.165) is 39.3 Å². The molecule has 1 aromatic carbocycles. The van der Waals surface area contributed by atoms with Crippen LogP contribution in [0.2, 0.25) is 0 Å². The zero-order valence-electron chi connectivity index (χ0n) is 14.0. The summed E-state index contributed by atoms with van der Waals surface area (Å²) in [6.07, 6.45) is 1.14. The van der Waals surface area contributed by atoms with Crippen molar-refractivity contribution in [3.63, 3.8) is 0 Å². The van der Waals surface area contributed by atoms with Gasteiger partial charge in [-0.2, -0.15) is 0 Å². The number of morpholine rings is 1. The number of hydrogen-bond donors (Lipinski definition) is 1. The van der Waals surface area contributed by atoms with Crippen molar-refractivity contribution < 1.29 is 4.74 Å². The van der Waals surface area contributed by atoms with Gasteiger partial charge in [-0.3, -0.25) is 4.90 Å². The Morgan fingerprint density at radius 1 is 1.29 bits per heavy atom. The molecule has 0 aliphatic carbocycles. The van der Waals surface area contributed by atoms with Crippen LogP contribution in [0.15, 0.2) is 24.3 Å². The largest absolute Gasteiger partial charge is 0.378 e. The smallest absolute Gasteiger partial charge is 0.0645 e. The first-order chi connectivity index (χ1) is 10.0. The summed E-state index contributed by atoms with van der Waals surface area (Å²) < 4.78 is 5.61. The average Bonchev–Trinajstić information content (AvgIpc) is 2.45. The Balaban J connectivity index is 1.98. The molecule has 3 heteroatoms. The molecule has 3 nitrogen and oxygen atoms in total. The molecule has 1 heterocycles. The third kappa shape index (κ3) is 4.53. The van der Waals surface area contributed by atoms with Crippen LogP contribution in [0, 0.1) is 6.92 Å². The quantitative estimate of drug-likeness (QED) is 0.871. The summed E-state index contributed by atoms with van der Waals surface area (Å²) in [6.45, 7) is 13.7. The van der Waals surface area contributed by atoms with E-state index < -0.39 is 0 Å². The average molecular weight is 290 g/mol. The van der Waals surface area contributed by atoms with Gasteiger partial charge in [0, 0.05) is 24.7 Å². The molecule has 1 saturated heterocycles. The third-order valence-corrected chi connectivity index (χ3v) is 4.43. The van der Waals surface area contributed by atoms with Crippen molar-refractivity contribution in [3.8, 4) is 0 Å². The molecule has 1 atom stereocenters. The first-order valence-corrected chi connectivity index (χ1v) is 8.15. The van der Waals surface area contributed by atoms with E-state index in [4.69, 9.17) is 4.74 Å². The van der Waals surface area contributed by atoms with E-state index in [9.17, 15) is 0 Å². The van der Waals surface area contributed by atoms with Crippen LogP contribution >= 0.6 is 0 Å². The fourth-order valence-corrected chi connectivity index (χ4v) is 3.02. The predicted molar refractivity (Wildman–Crippen MR) is 88.7 cm³/mol. The minimum absolute atomic E-state index is 0.155. The fourth-order valence-electron chi connectivity index (χ4n) is 3.02. The van der Waals surface area contributed by atoms with Gasteiger partial charge < -0.3 is 10.1 Å². The maximum atomic E-state index is 5.61. The molecule has 1 aliphatic rings.